The van der Waals surface area contributed by atoms with Gasteiger partial charge in [-0.1, -0.05) is 73.5 Å². The Morgan fingerprint density at radius 1 is 0.750 bits per heavy atom. The topological polar surface area (TPSA) is 139 Å². The number of ether oxygens (including phenoxy) is 1. The van der Waals surface area contributed by atoms with Crippen molar-refractivity contribution in [1.82, 2.24) is 5.32 Å². The van der Waals surface area contributed by atoms with E-state index in [0.717, 1.165) is 69.1 Å². The molecule has 0 aliphatic rings. The number of carboxylic acids is 1. The molecule has 0 spiro atoms. The van der Waals surface area contributed by atoms with Gasteiger partial charge in [0.1, 0.15) is 17.1 Å². The molecule has 4 aromatic carbocycles. The maximum Gasteiger partial charge on any atom is 0.339 e. The number of benzene rings is 4. The first-order valence-corrected chi connectivity index (χ1v) is 15.3. The van der Waals surface area contributed by atoms with Gasteiger partial charge in [0.05, 0.1) is 12.7 Å². The Bertz CT molecular complexity index is 1410. The Hall–Kier alpha value is -3.95. The number of aliphatic hydroxyl groups excluding tert-OH is 2. The van der Waals surface area contributed by atoms with Gasteiger partial charge in [0.15, 0.2) is 0 Å². The van der Waals surface area contributed by atoms with Crippen LogP contribution in [0.25, 0.3) is 10.8 Å². The molecule has 0 aromatic heterocycles. The Balaban J connectivity index is 0.000000312. The van der Waals surface area contributed by atoms with Gasteiger partial charge >= 0.3 is 5.97 Å². The molecule has 4 aromatic rings. The van der Waals surface area contributed by atoms with Crippen molar-refractivity contribution in [3.8, 4) is 11.5 Å². The number of fused-ring (bicyclic) bond motifs is 1. The average molecular weight is 604 g/mol. The smallest absolute Gasteiger partial charge is 0.339 e. The van der Waals surface area contributed by atoms with E-state index in [2.05, 4.69) is 35.6 Å². The number of unbranched alkanes of at least 4 members (excludes halogenated alkanes) is 4. The predicted octanol–water partition coefficient (Wildman–Crippen LogP) is 6.35. The van der Waals surface area contributed by atoms with Crippen LogP contribution < -0.4 is 5.32 Å². The summed E-state index contributed by atoms with van der Waals surface area (Å²) in [6, 6.07) is 25.6. The lowest BCUT2D eigenvalue weighted by molar-refractivity contribution is 0.0694. The summed E-state index contributed by atoms with van der Waals surface area (Å²) in [6.45, 7) is 2.77. The van der Waals surface area contributed by atoms with Crippen LogP contribution in [0.3, 0.4) is 0 Å². The highest BCUT2D eigenvalue weighted by atomic mass is 16.5. The van der Waals surface area contributed by atoms with Crippen molar-refractivity contribution in [2.75, 3.05) is 26.3 Å². The van der Waals surface area contributed by atoms with Crippen LogP contribution in [0.15, 0.2) is 84.9 Å². The first-order valence-electron chi connectivity index (χ1n) is 15.3. The molecule has 0 aliphatic carbocycles. The minimum absolute atomic E-state index is 0.0533. The van der Waals surface area contributed by atoms with Crippen LogP contribution in [0.4, 0.5) is 0 Å². The number of hydrogen-bond donors (Lipinski definition) is 6. The SMILES string of the molecule is O=C(O)c1cc2ccccc2cc1O.OCc1cc(C(O)CNCCCCCCOCCCCc2ccccc2)ccc1O. The van der Waals surface area contributed by atoms with Crippen molar-refractivity contribution in [2.45, 2.75) is 57.7 Å². The number of aliphatic hydroxyl groups is 2. The maximum atomic E-state index is 10.7. The lowest BCUT2D eigenvalue weighted by Gasteiger charge is -2.14. The fourth-order valence-corrected chi connectivity index (χ4v) is 4.78. The molecule has 1 atom stereocenters. The van der Waals surface area contributed by atoms with E-state index in [1.807, 2.05) is 18.2 Å². The van der Waals surface area contributed by atoms with Gasteiger partial charge < -0.3 is 35.6 Å². The van der Waals surface area contributed by atoms with Crippen molar-refractivity contribution < 1.29 is 35.1 Å². The van der Waals surface area contributed by atoms with Crippen molar-refractivity contribution in [3.05, 3.63) is 107 Å². The molecule has 1 unspecified atom stereocenters. The molecule has 4 rings (SSSR count). The zero-order valence-electron chi connectivity index (χ0n) is 25.2. The standard InChI is InChI=1S/C25H37NO4.C11H8O3/c27-20-23-18-22(13-14-24(23)28)25(29)19-26-15-7-1-2-8-16-30-17-9-6-12-21-10-4-3-5-11-21;12-10-6-8-4-2-1-3-7(8)5-9(10)11(13)14/h3-5,10-11,13-14,18,25-29H,1-2,6-9,12,15-17,19-20H2;1-6,12H,(H,13,14). The minimum atomic E-state index is -1.12. The quantitative estimate of drug-likeness (QED) is 0.0768. The normalized spacial score (nSPS) is 11.6. The van der Waals surface area contributed by atoms with Gasteiger partial charge in [0, 0.05) is 25.3 Å². The van der Waals surface area contributed by atoms with Crippen molar-refractivity contribution in [1.29, 1.82) is 0 Å². The molecule has 0 saturated heterocycles. The van der Waals surface area contributed by atoms with Crippen molar-refractivity contribution in [3.63, 3.8) is 0 Å². The highest BCUT2D eigenvalue weighted by Crippen LogP contribution is 2.25. The van der Waals surface area contributed by atoms with Crippen molar-refractivity contribution in [2.24, 2.45) is 0 Å². The number of rotatable bonds is 17. The highest BCUT2D eigenvalue weighted by Gasteiger charge is 2.11. The number of carboxylic acid groups (broad SMARTS) is 1. The average Bonchev–Trinajstić information content (AvgIpc) is 3.03. The van der Waals surface area contributed by atoms with Crippen LogP contribution in [0, 0.1) is 0 Å². The Labute approximate surface area is 259 Å². The third-order valence-electron chi connectivity index (χ3n) is 7.33. The van der Waals surface area contributed by atoms with E-state index in [0.29, 0.717) is 17.7 Å². The third-order valence-corrected chi connectivity index (χ3v) is 7.33. The first kappa shape index (κ1) is 34.5. The molecule has 8 nitrogen and oxygen atoms in total. The molecule has 44 heavy (non-hydrogen) atoms. The van der Waals surface area contributed by atoms with Gasteiger partial charge in [-0.05, 0) is 84.8 Å². The Morgan fingerprint density at radius 2 is 1.41 bits per heavy atom. The van der Waals surface area contributed by atoms with Gasteiger partial charge in [-0.15, -0.1) is 0 Å². The number of nitrogens with one attached hydrogen (secondary N) is 1. The molecule has 0 aliphatic heterocycles. The van der Waals surface area contributed by atoms with E-state index in [9.17, 15) is 25.2 Å². The van der Waals surface area contributed by atoms with E-state index in [-0.39, 0.29) is 23.7 Å². The van der Waals surface area contributed by atoms with Crippen LogP contribution in [-0.2, 0) is 17.8 Å². The highest BCUT2D eigenvalue weighted by molar-refractivity contribution is 5.97. The van der Waals surface area contributed by atoms with Crippen LogP contribution in [0.5, 0.6) is 11.5 Å². The number of aryl methyl sites for hydroxylation is 1. The van der Waals surface area contributed by atoms with Crippen LogP contribution in [0.1, 0.15) is 71.7 Å². The van der Waals surface area contributed by atoms with Crippen molar-refractivity contribution >= 4 is 16.7 Å². The monoisotopic (exact) mass is 603 g/mol. The Kier molecular flexibility index (Phi) is 15.2. The summed E-state index contributed by atoms with van der Waals surface area (Å²) in [5, 5.41) is 52.1. The zero-order chi connectivity index (χ0) is 31.6. The molecule has 0 bridgehead atoms. The summed E-state index contributed by atoms with van der Waals surface area (Å²) in [6.07, 6.45) is 7.24. The molecule has 0 amide bonds. The van der Waals surface area contributed by atoms with E-state index >= 15 is 0 Å². The van der Waals surface area contributed by atoms with Crippen LogP contribution >= 0.6 is 0 Å². The van der Waals surface area contributed by atoms with Gasteiger partial charge in [0.25, 0.3) is 0 Å². The molecule has 0 saturated carbocycles. The summed E-state index contributed by atoms with van der Waals surface area (Å²) in [5.74, 6) is -1.26. The summed E-state index contributed by atoms with van der Waals surface area (Å²) in [7, 11) is 0. The van der Waals surface area contributed by atoms with E-state index in [1.165, 1.54) is 30.2 Å². The van der Waals surface area contributed by atoms with Gasteiger partial charge in [-0.2, -0.15) is 0 Å². The fourth-order valence-electron chi connectivity index (χ4n) is 4.78. The zero-order valence-corrected chi connectivity index (χ0v) is 25.2. The second kappa shape index (κ2) is 19.4. The fraction of sp³-hybridized carbons (Fsp3) is 0.361. The summed E-state index contributed by atoms with van der Waals surface area (Å²) < 4.78 is 5.72. The van der Waals surface area contributed by atoms with Gasteiger partial charge in [0.2, 0.25) is 0 Å². The van der Waals surface area contributed by atoms with Gasteiger partial charge in [-0.25, -0.2) is 4.79 Å². The summed E-state index contributed by atoms with van der Waals surface area (Å²) in [4.78, 5) is 10.7. The Morgan fingerprint density at radius 3 is 2.11 bits per heavy atom. The largest absolute Gasteiger partial charge is 0.508 e. The lowest BCUT2D eigenvalue weighted by atomic mass is 10.1. The third kappa shape index (κ3) is 12.0. The molecule has 0 radical (unpaired) electrons. The predicted molar refractivity (Wildman–Crippen MR) is 173 cm³/mol. The van der Waals surface area contributed by atoms with Gasteiger partial charge in [-0.3, -0.25) is 0 Å². The maximum absolute atomic E-state index is 10.7. The van der Waals surface area contributed by atoms with E-state index < -0.39 is 12.1 Å². The van der Waals surface area contributed by atoms with Crippen LogP contribution in [0.2, 0.25) is 0 Å². The molecule has 8 heteroatoms. The summed E-state index contributed by atoms with van der Waals surface area (Å²) >= 11 is 0. The molecular formula is C36H45NO7. The number of phenols is 2. The number of carbonyl (C=O) groups is 1. The van der Waals surface area contributed by atoms with Crippen LogP contribution in [-0.4, -0.2) is 57.8 Å². The minimum Gasteiger partial charge on any atom is -0.508 e. The molecule has 0 fully saturated rings. The van der Waals surface area contributed by atoms with E-state index in [4.69, 9.17) is 9.84 Å². The molecule has 6 N–H and O–H groups in total. The molecular weight excluding hydrogens is 558 g/mol. The number of aromatic hydroxyl groups is 2. The molecule has 0 heterocycles. The lowest BCUT2D eigenvalue weighted by Crippen LogP contribution is -2.22. The molecule has 236 valence electrons. The second-order valence-electron chi connectivity index (χ2n) is 10.8. The second-order valence-corrected chi connectivity index (χ2v) is 10.8. The number of hydrogen-bond acceptors (Lipinski definition) is 7. The first-order chi connectivity index (χ1) is 21.4. The van der Waals surface area contributed by atoms with E-state index in [1.54, 1.807) is 18.2 Å². The summed E-state index contributed by atoms with van der Waals surface area (Å²) in [5.41, 5.74) is 2.47. The number of aromatic carboxylic acids is 1.